The van der Waals surface area contributed by atoms with E-state index < -0.39 is 0 Å². The van der Waals surface area contributed by atoms with E-state index in [1.165, 1.54) is 25.7 Å². The van der Waals surface area contributed by atoms with Crippen LogP contribution in [0.5, 0.6) is 5.75 Å². The van der Waals surface area contributed by atoms with E-state index in [1.54, 1.807) is 6.20 Å². The molecule has 0 radical (unpaired) electrons. The van der Waals surface area contributed by atoms with E-state index in [0.29, 0.717) is 6.61 Å². The number of rotatable bonds is 4. The smallest absolute Gasteiger partial charge is 0.137 e. The van der Waals surface area contributed by atoms with Gasteiger partial charge in [-0.2, -0.15) is 0 Å². The summed E-state index contributed by atoms with van der Waals surface area (Å²) in [4.78, 5) is 4.22. The first-order chi connectivity index (χ1) is 8.15. The second-order valence-corrected chi connectivity index (χ2v) is 5.23. The van der Waals surface area contributed by atoms with Crippen molar-refractivity contribution in [1.82, 2.24) is 4.98 Å². The molecule has 17 heavy (non-hydrogen) atoms. The number of pyridine rings is 1. The zero-order valence-corrected chi connectivity index (χ0v) is 10.8. The predicted molar refractivity (Wildman–Crippen MR) is 68.9 cm³/mol. The zero-order chi connectivity index (χ0) is 12.3. The highest BCUT2D eigenvalue weighted by Crippen LogP contribution is 2.46. The lowest BCUT2D eigenvalue weighted by Crippen LogP contribution is -2.29. The quantitative estimate of drug-likeness (QED) is 0.871. The van der Waals surface area contributed by atoms with Crippen molar-refractivity contribution in [2.75, 3.05) is 6.61 Å². The van der Waals surface area contributed by atoms with Crippen LogP contribution >= 0.6 is 0 Å². The third kappa shape index (κ3) is 2.60. The van der Waals surface area contributed by atoms with Crippen LogP contribution in [0.2, 0.25) is 0 Å². The highest BCUT2D eigenvalue weighted by molar-refractivity contribution is 5.27. The molecule has 1 fully saturated rings. The molecule has 0 spiro atoms. The monoisotopic (exact) mass is 234 g/mol. The summed E-state index contributed by atoms with van der Waals surface area (Å²) >= 11 is 0. The van der Waals surface area contributed by atoms with Crippen LogP contribution in [-0.2, 0) is 0 Å². The Morgan fingerprint density at radius 2 is 2.12 bits per heavy atom. The Labute approximate surface area is 103 Å². The van der Waals surface area contributed by atoms with Crippen molar-refractivity contribution >= 4 is 0 Å². The highest BCUT2D eigenvalue weighted by Gasteiger charge is 2.35. The summed E-state index contributed by atoms with van der Waals surface area (Å²) in [6.45, 7) is 4.93. The lowest BCUT2D eigenvalue weighted by atomic mass is 9.78. The Balaban J connectivity index is 2.18. The molecule has 94 valence electrons. The minimum Gasteiger partial charge on any atom is -0.492 e. The van der Waals surface area contributed by atoms with E-state index in [0.717, 1.165) is 11.3 Å². The van der Waals surface area contributed by atoms with Crippen LogP contribution in [0.3, 0.4) is 0 Å². The van der Waals surface area contributed by atoms with Crippen molar-refractivity contribution in [2.45, 2.75) is 45.6 Å². The Bertz CT molecular complexity index is 372. The van der Waals surface area contributed by atoms with E-state index in [-0.39, 0.29) is 11.5 Å². The van der Waals surface area contributed by atoms with Crippen LogP contribution in [-0.4, -0.2) is 11.6 Å². The molecule has 1 heterocycles. The predicted octanol–water partition coefficient (Wildman–Crippen LogP) is 3.06. The summed E-state index contributed by atoms with van der Waals surface area (Å²) in [7, 11) is 0. The average molecular weight is 234 g/mol. The van der Waals surface area contributed by atoms with Crippen LogP contribution in [0.15, 0.2) is 18.5 Å². The van der Waals surface area contributed by atoms with E-state index in [1.807, 2.05) is 19.2 Å². The summed E-state index contributed by atoms with van der Waals surface area (Å²) in [5.41, 5.74) is 7.73. The summed E-state index contributed by atoms with van der Waals surface area (Å²) < 4.78 is 5.47. The van der Waals surface area contributed by atoms with E-state index >= 15 is 0 Å². The molecule has 1 aromatic rings. The van der Waals surface area contributed by atoms with Crippen molar-refractivity contribution in [1.29, 1.82) is 0 Å². The molecule has 1 aromatic heterocycles. The first kappa shape index (κ1) is 12.4. The van der Waals surface area contributed by atoms with Gasteiger partial charge in [-0.1, -0.05) is 19.8 Å². The fraction of sp³-hybridized carbons (Fsp3) is 0.643. The molecular weight excluding hydrogens is 212 g/mol. The van der Waals surface area contributed by atoms with Gasteiger partial charge in [0.15, 0.2) is 0 Å². The minimum absolute atomic E-state index is 0.0675. The fourth-order valence-electron chi connectivity index (χ4n) is 2.75. The van der Waals surface area contributed by atoms with E-state index in [4.69, 9.17) is 10.5 Å². The number of aromatic nitrogens is 1. The van der Waals surface area contributed by atoms with Crippen LogP contribution in [0, 0.1) is 5.41 Å². The summed E-state index contributed by atoms with van der Waals surface area (Å²) in [5.74, 6) is 0.821. The van der Waals surface area contributed by atoms with Crippen molar-refractivity contribution in [3.8, 4) is 5.75 Å². The lowest BCUT2D eigenvalue weighted by Gasteiger charge is -2.31. The standard InChI is InChI=1S/C14H22N2O/c1-3-17-12-8-11(9-16-10-12)13(15)14(2)6-4-5-7-14/h8-10,13H,3-7,15H2,1-2H3. The van der Waals surface area contributed by atoms with Gasteiger partial charge in [0.1, 0.15) is 5.75 Å². The number of nitrogens with two attached hydrogens (primary N) is 1. The van der Waals surface area contributed by atoms with Crippen LogP contribution in [0.1, 0.15) is 51.1 Å². The Morgan fingerprint density at radius 1 is 1.41 bits per heavy atom. The van der Waals surface area contributed by atoms with Gasteiger partial charge in [-0.25, -0.2) is 0 Å². The topological polar surface area (TPSA) is 48.1 Å². The molecule has 1 aliphatic rings. The summed E-state index contributed by atoms with van der Waals surface area (Å²) in [6.07, 6.45) is 8.64. The Morgan fingerprint density at radius 3 is 2.76 bits per heavy atom. The molecule has 1 saturated carbocycles. The Hall–Kier alpha value is -1.09. The second-order valence-electron chi connectivity index (χ2n) is 5.23. The molecule has 0 saturated heterocycles. The third-order valence-electron chi connectivity index (χ3n) is 3.90. The molecule has 2 N–H and O–H groups in total. The summed E-state index contributed by atoms with van der Waals surface area (Å²) in [6, 6.07) is 2.10. The summed E-state index contributed by atoms with van der Waals surface area (Å²) in [5, 5.41) is 0. The van der Waals surface area contributed by atoms with Crippen molar-refractivity contribution in [3.05, 3.63) is 24.0 Å². The van der Waals surface area contributed by atoms with Gasteiger partial charge in [-0.15, -0.1) is 0 Å². The number of hydrogen-bond acceptors (Lipinski definition) is 3. The number of nitrogens with zero attached hydrogens (tertiary/aromatic N) is 1. The maximum absolute atomic E-state index is 6.40. The second kappa shape index (κ2) is 5.05. The zero-order valence-electron chi connectivity index (χ0n) is 10.8. The molecule has 1 atom stereocenters. The Kier molecular flexibility index (Phi) is 3.67. The number of ether oxygens (including phenoxy) is 1. The first-order valence-electron chi connectivity index (χ1n) is 6.49. The van der Waals surface area contributed by atoms with Gasteiger partial charge in [-0.3, -0.25) is 4.98 Å². The van der Waals surface area contributed by atoms with Crippen molar-refractivity contribution < 1.29 is 4.74 Å². The normalized spacial score (nSPS) is 20.2. The molecule has 3 heteroatoms. The van der Waals surface area contributed by atoms with Crippen LogP contribution < -0.4 is 10.5 Å². The maximum Gasteiger partial charge on any atom is 0.137 e. The lowest BCUT2D eigenvalue weighted by molar-refractivity contribution is 0.264. The molecule has 2 rings (SSSR count). The molecule has 1 aliphatic carbocycles. The highest BCUT2D eigenvalue weighted by atomic mass is 16.5. The van der Waals surface area contributed by atoms with Crippen LogP contribution in [0.25, 0.3) is 0 Å². The first-order valence-corrected chi connectivity index (χ1v) is 6.49. The van der Waals surface area contributed by atoms with Crippen LogP contribution in [0.4, 0.5) is 0 Å². The van der Waals surface area contributed by atoms with Gasteiger partial charge < -0.3 is 10.5 Å². The average Bonchev–Trinajstić information content (AvgIpc) is 2.77. The molecule has 0 aliphatic heterocycles. The molecule has 3 nitrogen and oxygen atoms in total. The molecule has 1 unspecified atom stereocenters. The fourth-order valence-corrected chi connectivity index (χ4v) is 2.75. The van der Waals surface area contributed by atoms with Gasteiger partial charge in [0.25, 0.3) is 0 Å². The van der Waals surface area contributed by atoms with Gasteiger partial charge in [0, 0.05) is 12.2 Å². The largest absolute Gasteiger partial charge is 0.492 e. The van der Waals surface area contributed by atoms with Crippen molar-refractivity contribution in [2.24, 2.45) is 11.1 Å². The molecular formula is C14H22N2O. The van der Waals surface area contributed by atoms with Gasteiger partial charge >= 0.3 is 0 Å². The number of hydrogen-bond donors (Lipinski definition) is 1. The van der Waals surface area contributed by atoms with E-state index in [2.05, 4.69) is 11.9 Å². The third-order valence-corrected chi connectivity index (χ3v) is 3.90. The van der Waals surface area contributed by atoms with Gasteiger partial charge in [0.2, 0.25) is 0 Å². The minimum atomic E-state index is 0.0675. The van der Waals surface area contributed by atoms with E-state index in [9.17, 15) is 0 Å². The SMILES string of the molecule is CCOc1cncc(C(N)C2(C)CCCC2)c1. The molecule has 0 amide bonds. The van der Waals surface area contributed by atoms with Crippen molar-refractivity contribution in [3.63, 3.8) is 0 Å². The molecule has 0 aromatic carbocycles. The van der Waals surface area contributed by atoms with Gasteiger partial charge in [-0.05, 0) is 36.8 Å². The molecule has 0 bridgehead atoms. The van der Waals surface area contributed by atoms with Gasteiger partial charge in [0.05, 0.1) is 12.8 Å². The maximum atomic E-state index is 6.40.